The molecule has 124 valence electrons. The van der Waals surface area contributed by atoms with Crippen molar-refractivity contribution in [3.63, 3.8) is 0 Å². The van der Waals surface area contributed by atoms with Gasteiger partial charge in [0.2, 0.25) is 0 Å². The predicted octanol–water partition coefficient (Wildman–Crippen LogP) is 1.66. The van der Waals surface area contributed by atoms with Crippen LogP contribution in [0.4, 0.5) is 0 Å². The number of ether oxygens (including phenoxy) is 1. The van der Waals surface area contributed by atoms with E-state index in [-0.39, 0.29) is 0 Å². The molecule has 1 saturated carbocycles. The number of hydrogen-bond donors (Lipinski definition) is 2. The SMILES string of the molecule is CCNC(=NCCOCC)NC1CCCC(S(=O)CC)C1. The fourth-order valence-corrected chi connectivity index (χ4v) is 3.98. The van der Waals surface area contributed by atoms with Gasteiger partial charge >= 0.3 is 0 Å². The smallest absolute Gasteiger partial charge is 0.191 e. The molecule has 0 aromatic rings. The van der Waals surface area contributed by atoms with Crippen LogP contribution in [0.3, 0.4) is 0 Å². The van der Waals surface area contributed by atoms with Crippen LogP contribution in [0.2, 0.25) is 0 Å². The summed E-state index contributed by atoms with van der Waals surface area (Å²) in [6.07, 6.45) is 4.35. The molecule has 0 spiro atoms. The quantitative estimate of drug-likeness (QED) is 0.406. The Morgan fingerprint density at radius 2 is 2.14 bits per heavy atom. The molecule has 3 unspecified atom stereocenters. The molecule has 0 bridgehead atoms. The second kappa shape index (κ2) is 11.0. The van der Waals surface area contributed by atoms with Crippen LogP contribution in [0.15, 0.2) is 4.99 Å². The average Bonchev–Trinajstić information content (AvgIpc) is 2.51. The zero-order valence-electron chi connectivity index (χ0n) is 13.7. The van der Waals surface area contributed by atoms with Crippen LogP contribution in [0, 0.1) is 0 Å². The molecule has 3 atom stereocenters. The lowest BCUT2D eigenvalue weighted by Gasteiger charge is -2.30. The normalized spacial score (nSPS) is 24.6. The van der Waals surface area contributed by atoms with Gasteiger partial charge in [0.1, 0.15) is 0 Å². The lowest BCUT2D eigenvalue weighted by molar-refractivity contribution is 0.155. The van der Waals surface area contributed by atoms with Crippen LogP contribution in [0.1, 0.15) is 46.5 Å². The molecule has 0 heterocycles. The zero-order chi connectivity index (χ0) is 15.5. The first kappa shape index (κ1) is 18.4. The van der Waals surface area contributed by atoms with E-state index in [0.29, 0.717) is 24.4 Å². The maximum atomic E-state index is 12.0. The summed E-state index contributed by atoms with van der Waals surface area (Å²) < 4.78 is 17.3. The lowest BCUT2D eigenvalue weighted by atomic mass is 9.95. The maximum absolute atomic E-state index is 12.0. The Morgan fingerprint density at radius 3 is 2.81 bits per heavy atom. The Bertz CT molecular complexity index is 337. The minimum Gasteiger partial charge on any atom is -0.380 e. The highest BCUT2D eigenvalue weighted by Crippen LogP contribution is 2.22. The van der Waals surface area contributed by atoms with Gasteiger partial charge < -0.3 is 15.4 Å². The first-order valence-corrected chi connectivity index (χ1v) is 9.59. The standard InChI is InChI=1S/C15H31N3O2S/c1-4-16-15(17-10-11-20-5-2)18-13-8-7-9-14(12-13)21(19)6-3/h13-14H,4-12H2,1-3H3,(H2,16,17,18). The summed E-state index contributed by atoms with van der Waals surface area (Å²) in [5, 5.41) is 7.10. The first-order valence-electron chi connectivity index (χ1n) is 8.20. The van der Waals surface area contributed by atoms with Gasteiger partial charge in [0, 0.05) is 41.0 Å². The van der Waals surface area contributed by atoms with Crippen molar-refractivity contribution >= 4 is 16.8 Å². The van der Waals surface area contributed by atoms with Crippen molar-refractivity contribution < 1.29 is 8.95 Å². The van der Waals surface area contributed by atoms with Gasteiger partial charge in [-0.1, -0.05) is 13.3 Å². The van der Waals surface area contributed by atoms with Crippen molar-refractivity contribution in [1.29, 1.82) is 0 Å². The second-order valence-electron chi connectivity index (χ2n) is 5.26. The monoisotopic (exact) mass is 317 g/mol. The highest BCUT2D eigenvalue weighted by molar-refractivity contribution is 7.85. The molecule has 5 nitrogen and oxygen atoms in total. The van der Waals surface area contributed by atoms with Crippen LogP contribution >= 0.6 is 0 Å². The van der Waals surface area contributed by atoms with Gasteiger partial charge in [-0.3, -0.25) is 9.20 Å². The third-order valence-electron chi connectivity index (χ3n) is 3.68. The summed E-state index contributed by atoms with van der Waals surface area (Å²) in [6, 6.07) is 0.379. The van der Waals surface area contributed by atoms with Gasteiger partial charge in [0.25, 0.3) is 0 Å². The lowest BCUT2D eigenvalue weighted by Crippen LogP contribution is -2.46. The van der Waals surface area contributed by atoms with Crippen molar-refractivity contribution in [2.24, 2.45) is 4.99 Å². The summed E-state index contributed by atoms with van der Waals surface area (Å²) >= 11 is 0. The van der Waals surface area contributed by atoms with Gasteiger partial charge in [-0.15, -0.1) is 0 Å². The topological polar surface area (TPSA) is 62.7 Å². The van der Waals surface area contributed by atoms with E-state index in [1.165, 1.54) is 0 Å². The molecule has 0 aliphatic heterocycles. The van der Waals surface area contributed by atoms with Gasteiger partial charge in [-0.2, -0.15) is 0 Å². The molecule has 2 N–H and O–H groups in total. The summed E-state index contributed by atoms with van der Waals surface area (Å²) in [4.78, 5) is 4.53. The van der Waals surface area contributed by atoms with E-state index >= 15 is 0 Å². The van der Waals surface area contributed by atoms with Crippen molar-refractivity contribution in [1.82, 2.24) is 10.6 Å². The number of nitrogens with zero attached hydrogens (tertiary/aromatic N) is 1. The van der Waals surface area contributed by atoms with Gasteiger partial charge in [-0.25, -0.2) is 0 Å². The van der Waals surface area contributed by atoms with Crippen LogP contribution in [0.5, 0.6) is 0 Å². The summed E-state index contributed by atoms with van der Waals surface area (Å²) in [7, 11) is -0.681. The van der Waals surface area contributed by atoms with E-state index in [2.05, 4.69) is 22.5 Å². The number of rotatable bonds is 8. The molecule has 1 aliphatic carbocycles. The van der Waals surface area contributed by atoms with E-state index in [9.17, 15) is 4.21 Å². The van der Waals surface area contributed by atoms with Crippen molar-refractivity contribution in [2.45, 2.75) is 57.7 Å². The summed E-state index contributed by atoms with van der Waals surface area (Å²) in [6.45, 7) is 8.95. The van der Waals surface area contributed by atoms with Gasteiger partial charge in [-0.05, 0) is 33.1 Å². The second-order valence-corrected chi connectivity index (χ2v) is 7.26. The van der Waals surface area contributed by atoms with E-state index in [1.54, 1.807) is 0 Å². The Hall–Kier alpha value is -0.620. The molecule has 0 amide bonds. The van der Waals surface area contributed by atoms with E-state index in [4.69, 9.17) is 4.74 Å². The predicted molar refractivity (Wildman–Crippen MR) is 90.3 cm³/mol. The zero-order valence-corrected chi connectivity index (χ0v) is 14.5. The Balaban J connectivity index is 2.47. The Morgan fingerprint density at radius 1 is 1.33 bits per heavy atom. The van der Waals surface area contributed by atoms with Crippen LogP contribution in [0.25, 0.3) is 0 Å². The highest BCUT2D eigenvalue weighted by Gasteiger charge is 2.25. The summed E-state index contributed by atoms with van der Waals surface area (Å²) in [5.41, 5.74) is 0. The largest absolute Gasteiger partial charge is 0.380 e. The van der Waals surface area contributed by atoms with E-state index in [1.807, 2.05) is 13.8 Å². The fraction of sp³-hybridized carbons (Fsp3) is 0.933. The van der Waals surface area contributed by atoms with Gasteiger partial charge in [0.05, 0.1) is 13.2 Å². The molecule has 0 radical (unpaired) electrons. The molecule has 1 aliphatic rings. The molecule has 0 aromatic carbocycles. The molecule has 6 heteroatoms. The summed E-state index contributed by atoms with van der Waals surface area (Å²) in [5.74, 6) is 1.62. The molecule has 21 heavy (non-hydrogen) atoms. The number of nitrogens with one attached hydrogen (secondary N) is 2. The van der Waals surface area contributed by atoms with E-state index < -0.39 is 10.8 Å². The Labute approximate surface area is 131 Å². The maximum Gasteiger partial charge on any atom is 0.191 e. The molecule has 0 aromatic heterocycles. The van der Waals surface area contributed by atoms with Crippen LogP contribution in [-0.2, 0) is 15.5 Å². The molecule has 1 rings (SSSR count). The minimum absolute atomic E-state index is 0.340. The molecular formula is C15H31N3O2S. The number of aliphatic imine (C=N–C) groups is 1. The van der Waals surface area contributed by atoms with Crippen molar-refractivity contribution in [3.8, 4) is 0 Å². The highest BCUT2D eigenvalue weighted by atomic mass is 32.2. The fourth-order valence-electron chi connectivity index (χ4n) is 2.63. The van der Waals surface area contributed by atoms with Crippen LogP contribution in [-0.4, -0.2) is 53.5 Å². The minimum atomic E-state index is -0.681. The van der Waals surface area contributed by atoms with Crippen LogP contribution < -0.4 is 10.6 Å². The number of guanidine groups is 1. The van der Waals surface area contributed by atoms with Gasteiger partial charge in [0.15, 0.2) is 5.96 Å². The Kier molecular flexibility index (Phi) is 9.67. The third-order valence-corrected chi connectivity index (χ3v) is 5.42. The molecular weight excluding hydrogens is 286 g/mol. The average molecular weight is 317 g/mol. The number of hydrogen-bond acceptors (Lipinski definition) is 3. The molecule has 1 fully saturated rings. The van der Waals surface area contributed by atoms with Crippen molar-refractivity contribution in [3.05, 3.63) is 0 Å². The third kappa shape index (κ3) is 7.27. The van der Waals surface area contributed by atoms with E-state index in [0.717, 1.165) is 50.5 Å². The first-order chi connectivity index (χ1) is 10.2. The molecule has 0 saturated heterocycles. The van der Waals surface area contributed by atoms with Crippen molar-refractivity contribution in [2.75, 3.05) is 32.1 Å².